The van der Waals surface area contributed by atoms with Gasteiger partial charge in [-0.1, -0.05) is 20.3 Å². The zero-order valence-electron chi connectivity index (χ0n) is 8.31. The summed E-state index contributed by atoms with van der Waals surface area (Å²) in [5.74, 6) is 0.838. The molecule has 1 rings (SSSR count). The van der Waals surface area contributed by atoms with E-state index in [-0.39, 0.29) is 0 Å². The lowest BCUT2D eigenvalue weighted by Crippen LogP contribution is -2.26. The average molecular weight is 171 g/mol. The predicted octanol–water partition coefficient (Wildman–Crippen LogP) is 1.80. The van der Waals surface area contributed by atoms with Crippen LogP contribution in [0.15, 0.2) is 0 Å². The van der Waals surface area contributed by atoms with Gasteiger partial charge in [0.05, 0.1) is 6.61 Å². The Morgan fingerprint density at radius 2 is 2.33 bits per heavy atom. The quantitative estimate of drug-likeness (QED) is 0.637. The highest BCUT2D eigenvalue weighted by Gasteiger charge is 2.19. The van der Waals surface area contributed by atoms with Gasteiger partial charge in [-0.25, -0.2) is 0 Å². The van der Waals surface area contributed by atoms with E-state index in [0.717, 1.165) is 19.1 Å². The highest BCUT2D eigenvalue weighted by atomic mass is 16.5. The zero-order valence-corrected chi connectivity index (χ0v) is 8.31. The van der Waals surface area contributed by atoms with Gasteiger partial charge in [-0.15, -0.1) is 0 Å². The van der Waals surface area contributed by atoms with Crippen molar-refractivity contribution in [1.82, 2.24) is 5.32 Å². The SMILES string of the molecule is CCCCOC[C@@H]1C[C@H](C)CN1. The van der Waals surface area contributed by atoms with Crippen molar-refractivity contribution < 1.29 is 4.74 Å². The Labute approximate surface area is 75.7 Å². The van der Waals surface area contributed by atoms with Gasteiger partial charge < -0.3 is 10.1 Å². The maximum atomic E-state index is 5.54. The fourth-order valence-corrected chi connectivity index (χ4v) is 1.62. The highest BCUT2D eigenvalue weighted by molar-refractivity contribution is 4.78. The van der Waals surface area contributed by atoms with E-state index >= 15 is 0 Å². The molecule has 0 amide bonds. The van der Waals surface area contributed by atoms with Gasteiger partial charge in [0.2, 0.25) is 0 Å². The molecule has 12 heavy (non-hydrogen) atoms. The van der Waals surface area contributed by atoms with E-state index in [1.807, 2.05) is 0 Å². The van der Waals surface area contributed by atoms with Crippen molar-refractivity contribution in [2.24, 2.45) is 5.92 Å². The first-order valence-electron chi connectivity index (χ1n) is 5.14. The maximum Gasteiger partial charge on any atom is 0.0619 e. The summed E-state index contributed by atoms with van der Waals surface area (Å²) >= 11 is 0. The van der Waals surface area contributed by atoms with Crippen molar-refractivity contribution in [2.75, 3.05) is 19.8 Å². The first-order valence-corrected chi connectivity index (χ1v) is 5.14. The fraction of sp³-hybridized carbons (Fsp3) is 1.00. The molecule has 1 saturated heterocycles. The molecule has 0 radical (unpaired) electrons. The summed E-state index contributed by atoms with van der Waals surface area (Å²) in [5.41, 5.74) is 0. The summed E-state index contributed by atoms with van der Waals surface area (Å²) in [6.45, 7) is 7.49. The molecule has 0 aromatic rings. The average Bonchev–Trinajstić information content (AvgIpc) is 2.45. The molecule has 2 atom stereocenters. The van der Waals surface area contributed by atoms with Crippen molar-refractivity contribution in [1.29, 1.82) is 0 Å². The summed E-state index contributed by atoms with van der Waals surface area (Å²) in [6.07, 6.45) is 3.71. The van der Waals surface area contributed by atoms with Gasteiger partial charge in [0.1, 0.15) is 0 Å². The Balaban J connectivity index is 1.93. The minimum atomic E-state index is 0.622. The van der Waals surface area contributed by atoms with Crippen LogP contribution < -0.4 is 5.32 Å². The van der Waals surface area contributed by atoms with Crippen molar-refractivity contribution in [3.63, 3.8) is 0 Å². The minimum absolute atomic E-state index is 0.622. The van der Waals surface area contributed by atoms with E-state index in [1.165, 1.54) is 25.8 Å². The van der Waals surface area contributed by atoms with Crippen molar-refractivity contribution in [3.05, 3.63) is 0 Å². The van der Waals surface area contributed by atoms with Crippen LogP contribution in [0.3, 0.4) is 0 Å². The van der Waals surface area contributed by atoms with Crippen LogP contribution in [-0.4, -0.2) is 25.8 Å². The maximum absolute atomic E-state index is 5.54. The summed E-state index contributed by atoms with van der Waals surface area (Å²) in [5, 5.41) is 3.46. The molecule has 72 valence electrons. The van der Waals surface area contributed by atoms with E-state index < -0.39 is 0 Å². The van der Waals surface area contributed by atoms with Gasteiger partial charge >= 0.3 is 0 Å². The molecule has 0 aliphatic carbocycles. The number of nitrogens with one attached hydrogen (secondary N) is 1. The molecule has 1 heterocycles. The smallest absolute Gasteiger partial charge is 0.0619 e. The van der Waals surface area contributed by atoms with E-state index in [2.05, 4.69) is 19.2 Å². The van der Waals surface area contributed by atoms with Gasteiger partial charge in [0.15, 0.2) is 0 Å². The van der Waals surface area contributed by atoms with Gasteiger partial charge in [0.25, 0.3) is 0 Å². The molecule has 0 bridgehead atoms. The number of hydrogen-bond donors (Lipinski definition) is 1. The predicted molar refractivity (Wildman–Crippen MR) is 51.3 cm³/mol. The second-order valence-corrected chi connectivity index (χ2v) is 3.87. The molecule has 0 unspecified atom stereocenters. The summed E-state index contributed by atoms with van der Waals surface area (Å²) in [4.78, 5) is 0. The second-order valence-electron chi connectivity index (χ2n) is 3.87. The van der Waals surface area contributed by atoms with Crippen molar-refractivity contribution in [3.8, 4) is 0 Å². The lowest BCUT2D eigenvalue weighted by molar-refractivity contribution is 0.113. The number of ether oxygens (including phenoxy) is 1. The third-order valence-electron chi connectivity index (χ3n) is 2.40. The van der Waals surface area contributed by atoms with E-state index in [0.29, 0.717) is 6.04 Å². The largest absolute Gasteiger partial charge is 0.380 e. The van der Waals surface area contributed by atoms with Crippen molar-refractivity contribution >= 4 is 0 Å². The Kier molecular flexibility index (Phi) is 4.62. The lowest BCUT2D eigenvalue weighted by atomic mass is 10.1. The molecule has 1 N–H and O–H groups in total. The fourth-order valence-electron chi connectivity index (χ4n) is 1.62. The first kappa shape index (κ1) is 10.0. The molecule has 0 aromatic carbocycles. The van der Waals surface area contributed by atoms with Gasteiger partial charge in [-0.3, -0.25) is 0 Å². The van der Waals surface area contributed by atoms with Crippen LogP contribution in [0.2, 0.25) is 0 Å². The normalized spacial score (nSPS) is 29.5. The summed E-state index contributed by atoms with van der Waals surface area (Å²) in [6, 6.07) is 0.622. The van der Waals surface area contributed by atoms with Gasteiger partial charge in [-0.05, 0) is 25.3 Å². The van der Waals surface area contributed by atoms with Crippen LogP contribution in [0, 0.1) is 5.92 Å². The van der Waals surface area contributed by atoms with Crippen molar-refractivity contribution in [2.45, 2.75) is 39.2 Å². The molecule has 0 spiro atoms. The molecule has 2 nitrogen and oxygen atoms in total. The molecule has 1 aliphatic heterocycles. The number of rotatable bonds is 5. The van der Waals surface area contributed by atoms with Crippen LogP contribution in [0.5, 0.6) is 0 Å². The molecule has 1 aliphatic rings. The van der Waals surface area contributed by atoms with E-state index in [4.69, 9.17) is 4.74 Å². The van der Waals surface area contributed by atoms with E-state index in [1.54, 1.807) is 0 Å². The Morgan fingerprint density at radius 3 is 2.92 bits per heavy atom. The topological polar surface area (TPSA) is 21.3 Å². The van der Waals surface area contributed by atoms with Crippen LogP contribution >= 0.6 is 0 Å². The molecule has 1 fully saturated rings. The van der Waals surface area contributed by atoms with Gasteiger partial charge in [-0.2, -0.15) is 0 Å². The highest BCUT2D eigenvalue weighted by Crippen LogP contribution is 2.12. The molecule has 0 aromatic heterocycles. The van der Waals surface area contributed by atoms with E-state index in [9.17, 15) is 0 Å². The zero-order chi connectivity index (χ0) is 8.81. The van der Waals surface area contributed by atoms with Crippen LogP contribution in [0.4, 0.5) is 0 Å². The Bertz CT molecular complexity index is 116. The Hall–Kier alpha value is -0.0800. The van der Waals surface area contributed by atoms with Crippen LogP contribution in [0.25, 0.3) is 0 Å². The molecule has 2 heteroatoms. The third kappa shape index (κ3) is 3.55. The Morgan fingerprint density at radius 1 is 1.50 bits per heavy atom. The third-order valence-corrected chi connectivity index (χ3v) is 2.40. The molecule has 0 saturated carbocycles. The molecular weight excluding hydrogens is 150 g/mol. The summed E-state index contributed by atoms with van der Waals surface area (Å²) < 4.78 is 5.54. The standard InChI is InChI=1S/C10H21NO/c1-3-4-5-12-8-10-6-9(2)7-11-10/h9-11H,3-8H2,1-2H3/t9-,10-/m0/s1. The van der Waals surface area contributed by atoms with Gasteiger partial charge in [0, 0.05) is 12.6 Å². The summed E-state index contributed by atoms with van der Waals surface area (Å²) in [7, 11) is 0. The number of hydrogen-bond acceptors (Lipinski definition) is 2. The van der Waals surface area contributed by atoms with Crippen LogP contribution in [-0.2, 0) is 4.74 Å². The second kappa shape index (κ2) is 5.55. The first-order chi connectivity index (χ1) is 5.83. The monoisotopic (exact) mass is 171 g/mol. The minimum Gasteiger partial charge on any atom is -0.380 e. The number of unbranched alkanes of at least 4 members (excludes halogenated alkanes) is 1. The molecular formula is C10H21NO. The lowest BCUT2D eigenvalue weighted by Gasteiger charge is -2.10. The van der Waals surface area contributed by atoms with Crippen LogP contribution in [0.1, 0.15) is 33.1 Å².